The number of pyridine rings is 1. The number of rotatable bonds is 3. The molecule has 7 heteroatoms. The molecule has 2 aromatic rings. The Hall–Kier alpha value is -3.14. The van der Waals surface area contributed by atoms with Gasteiger partial charge in [-0.15, -0.1) is 0 Å². The van der Waals surface area contributed by atoms with Gasteiger partial charge in [0.2, 0.25) is 0 Å². The van der Waals surface area contributed by atoms with Gasteiger partial charge in [-0.25, -0.2) is 9.37 Å². The number of aryl methyl sites for hydroxylation is 1. The molecule has 1 saturated heterocycles. The van der Waals surface area contributed by atoms with Crippen molar-refractivity contribution in [2.75, 3.05) is 18.0 Å². The van der Waals surface area contributed by atoms with E-state index in [2.05, 4.69) is 16.4 Å². The van der Waals surface area contributed by atoms with E-state index in [-0.39, 0.29) is 12.5 Å². The zero-order chi connectivity index (χ0) is 19.0. The highest BCUT2D eigenvalue weighted by molar-refractivity contribution is 5.98. The van der Waals surface area contributed by atoms with Crippen LogP contribution in [0, 0.1) is 18.3 Å². The first kappa shape index (κ1) is 17.3. The molecule has 0 aliphatic carbocycles. The van der Waals surface area contributed by atoms with Gasteiger partial charge in [0.1, 0.15) is 17.7 Å². The van der Waals surface area contributed by atoms with Gasteiger partial charge in [0.05, 0.1) is 36.0 Å². The smallest absolute Gasteiger partial charge is 0.253 e. The van der Waals surface area contributed by atoms with Crippen molar-refractivity contribution in [1.82, 2.24) is 10.3 Å². The van der Waals surface area contributed by atoms with Crippen molar-refractivity contribution in [3.8, 4) is 11.8 Å². The molecule has 1 aromatic heterocycles. The number of nitrogens with one attached hydrogen (secondary N) is 1. The number of nitrogens with zero attached hydrogens (tertiary/aromatic N) is 3. The second-order valence-corrected chi connectivity index (χ2v) is 6.85. The average Bonchev–Trinajstić information content (AvgIpc) is 3.03. The van der Waals surface area contributed by atoms with Crippen LogP contribution < -0.4 is 15.0 Å². The molecule has 4 rings (SSSR count). The fourth-order valence-corrected chi connectivity index (χ4v) is 3.57. The summed E-state index contributed by atoms with van der Waals surface area (Å²) in [5.74, 6) is 1.12. The van der Waals surface area contributed by atoms with Crippen molar-refractivity contribution < 1.29 is 13.9 Å². The molecule has 27 heavy (non-hydrogen) atoms. The molecule has 1 amide bonds. The number of anilines is 1. The van der Waals surface area contributed by atoms with E-state index in [0.717, 1.165) is 11.4 Å². The van der Waals surface area contributed by atoms with Crippen molar-refractivity contribution >= 4 is 11.7 Å². The first-order chi connectivity index (χ1) is 13.0. The zero-order valence-electron chi connectivity index (χ0n) is 14.9. The average molecular weight is 366 g/mol. The van der Waals surface area contributed by atoms with Crippen molar-refractivity contribution in [2.45, 2.75) is 32.2 Å². The summed E-state index contributed by atoms with van der Waals surface area (Å²) >= 11 is 0. The molecular formula is C20H19FN4O2. The SMILES string of the molecule is Cc1cc2c(nc1N1CC[C@H](Oc3cccc(C#N)c3)[C@H](F)C1)CNC2=O. The molecule has 0 spiro atoms. The lowest BCUT2D eigenvalue weighted by Crippen LogP contribution is -2.47. The van der Waals surface area contributed by atoms with Crippen LogP contribution >= 0.6 is 0 Å². The van der Waals surface area contributed by atoms with Gasteiger partial charge in [-0.3, -0.25) is 4.79 Å². The van der Waals surface area contributed by atoms with Gasteiger partial charge >= 0.3 is 0 Å². The number of piperidine rings is 1. The Morgan fingerprint density at radius 1 is 1.41 bits per heavy atom. The number of carbonyl (C=O) groups excluding carboxylic acids is 1. The lowest BCUT2D eigenvalue weighted by molar-refractivity contribution is 0.0818. The summed E-state index contributed by atoms with van der Waals surface area (Å²) in [6, 6.07) is 10.6. The number of hydrogen-bond acceptors (Lipinski definition) is 5. The number of carbonyl (C=O) groups is 1. The monoisotopic (exact) mass is 366 g/mol. The predicted molar refractivity (Wildman–Crippen MR) is 97.4 cm³/mol. The second kappa shape index (κ2) is 6.88. The van der Waals surface area contributed by atoms with Crippen LogP contribution in [-0.2, 0) is 6.54 Å². The Balaban J connectivity index is 1.47. The van der Waals surface area contributed by atoms with Crippen LogP contribution in [0.1, 0.15) is 33.6 Å². The molecule has 0 bridgehead atoms. The Morgan fingerprint density at radius 2 is 2.26 bits per heavy atom. The molecule has 0 saturated carbocycles. The van der Waals surface area contributed by atoms with Crippen molar-refractivity contribution in [3.63, 3.8) is 0 Å². The molecule has 138 valence electrons. The van der Waals surface area contributed by atoms with Crippen LogP contribution in [0.3, 0.4) is 0 Å². The van der Waals surface area contributed by atoms with E-state index in [1.165, 1.54) is 0 Å². The number of aromatic nitrogens is 1. The lowest BCUT2D eigenvalue weighted by atomic mass is 10.0. The van der Waals surface area contributed by atoms with E-state index >= 15 is 0 Å². The number of ether oxygens (including phenoxy) is 1. The van der Waals surface area contributed by atoms with Gasteiger partial charge in [-0.2, -0.15) is 5.26 Å². The van der Waals surface area contributed by atoms with Gasteiger partial charge in [-0.05, 0) is 36.8 Å². The third-order valence-electron chi connectivity index (χ3n) is 4.96. The maximum atomic E-state index is 14.8. The minimum atomic E-state index is -1.18. The maximum absolute atomic E-state index is 14.8. The Morgan fingerprint density at radius 3 is 3.04 bits per heavy atom. The number of nitriles is 1. The van der Waals surface area contributed by atoms with Crippen LogP contribution in [0.5, 0.6) is 5.75 Å². The van der Waals surface area contributed by atoms with E-state index in [1.807, 2.05) is 17.9 Å². The van der Waals surface area contributed by atoms with Crippen molar-refractivity contribution in [1.29, 1.82) is 5.26 Å². The van der Waals surface area contributed by atoms with Crippen molar-refractivity contribution in [3.05, 3.63) is 52.7 Å². The molecule has 1 N–H and O–H groups in total. The molecule has 0 radical (unpaired) electrons. The minimum Gasteiger partial charge on any atom is -0.487 e. The highest BCUT2D eigenvalue weighted by atomic mass is 19.1. The fraction of sp³-hybridized carbons (Fsp3) is 0.350. The van der Waals surface area contributed by atoms with E-state index in [0.29, 0.717) is 42.1 Å². The number of halogens is 1. The molecule has 1 aromatic carbocycles. The topological polar surface area (TPSA) is 78.2 Å². The number of alkyl halides is 1. The summed E-state index contributed by atoms with van der Waals surface area (Å²) in [4.78, 5) is 18.3. The van der Waals surface area contributed by atoms with Crippen LogP contribution in [-0.4, -0.2) is 36.3 Å². The summed E-state index contributed by atoms with van der Waals surface area (Å²) in [5.41, 5.74) is 2.66. The zero-order valence-corrected chi connectivity index (χ0v) is 14.9. The molecule has 0 unspecified atom stereocenters. The number of fused-ring (bicyclic) bond motifs is 1. The molecule has 6 nitrogen and oxygen atoms in total. The van der Waals surface area contributed by atoms with Crippen molar-refractivity contribution in [2.24, 2.45) is 0 Å². The predicted octanol–water partition coefficient (Wildman–Crippen LogP) is 2.50. The Bertz CT molecular complexity index is 940. The summed E-state index contributed by atoms with van der Waals surface area (Å²) in [7, 11) is 0. The molecule has 2 atom stereocenters. The van der Waals surface area contributed by atoms with Crippen LogP contribution in [0.15, 0.2) is 30.3 Å². The van der Waals surface area contributed by atoms with Gasteiger partial charge in [-0.1, -0.05) is 6.07 Å². The highest BCUT2D eigenvalue weighted by Crippen LogP contribution is 2.28. The molecule has 1 fully saturated rings. The lowest BCUT2D eigenvalue weighted by Gasteiger charge is -2.36. The Kier molecular flexibility index (Phi) is 4.40. The normalized spacial score (nSPS) is 21.4. The third kappa shape index (κ3) is 3.31. The van der Waals surface area contributed by atoms with Crippen LogP contribution in [0.4, 0.5) is 10.2 Å². The summed E-state index contributed by atoms with van der Waals surface area (Å²) in [5, 5.41) is 11.7. The first-order valence-electron chi connectivity index (χ1n) is 8.89. The highest BCUT2D eigenvalue weighted by Gasteiger charge is 2.33. The second-order valence-electron chi connectivity index (χ2n) is 6.85. The fourth-order valence-electron chi connectivity index (χ4n) is 3.57. The van der Waals surface area contributed by atoms with Crippen LogP contribution in [0.25, 0.3) is 0 Å². The van der Waals surface area contributed by atoms with E-state index < -0.39 is 12.3 Å². The summed E-state index contributed by atoms with van der Waals surface area (Å²) < 4.78 is 20.6. The maximum Gasteiger partial charge on any atom is 0.253 e. The van der Waals surface area contributed by atoms with Gasteiger partial charge in [0.25, 0.3) is 5.91 Å². The quantitative estimate of drug-likeness (QED) is 0.903. The number of benzene rings is 1. The van der Waals surface area contributed by atoms with E-state index in [1.54, 1.807) is 24.3 Å². The first-order valence-corrected chi connectivity index (χ1v) is 8.89. The van der Waals surface area contributed by atoms with Gasteiger partial charge < -0.3 is 15.0 Å². The third-order valence-corrected chi connectivity index (χ3v) is 4.96. The summed E-state index contributed by atoms with van der Waals surface area (Å²) in [6.07, 6.45) is -1.24. The molecule has 3 heterocycles. The number of amides is 1. The Labute approximate surface area is 156 Å². The van der Waals surface area contributed by atoms with Crippen LogP contribution in [0.2, 0.25) is 0 Å². The molecular weight excluding hydrogens is 347 g/mol. The standard InChI is InChI=1S/C20H19FN4O2/c1-12-7-15-17(10-23-20(15)26)24-19(12)25-6-5-18(16(21)11-25)27-14-4-2-3-13(8-14)9-22/h2-4,7-8,16,18H,5-6,10-11H2,1H3,(H,23,26)/t16-,18+/m1/s1. The van der Waals surface area contributed by atoms with Gasteiger partial charge in [0.15, 0.2) is 6.17 Å². The largest absolute Gasteiger partial charge is 0.487 e. The van der Waals surface area contributed by atoms with Gasteiger partial charge in [0, 0.05) is 13.0 Å². The number of hydrogen-bond donors (Lipinski definition) is 1. The molecule has 2 aliphatic heterocycles. The minimum absolute atomic E-state index is 0.109. The molecule has 2 aliphatic rings. The van der Waals surface area contributed by atoms with E-state index in [4.69, 9.17) is 10.00 Å². The summed E-state index contributed by atoms with van der Waals surface area (Å²) in [6.45, 7) is 3.08. The van der Waals surface area contributed by atoms with E-state index in [9.17, 15) is 9.18 Å².